The maximum atomic E-state index is 13.0. The summed E-state index contributed by atoms with van der Waals surface area (Å²) in [5, 5.41) is 4.93. The third-order valence-corrected chi connectivity index (χ3v) is 6.45. The molecule has 178 valence electrons. The summed E-state index contributed by atoms with van der Waals surface area (Å²) in [6, 6.07) is 15.9. The summed E-state index contributed by atoms with van der Waals surface area (Å²) >= 11 is 0. The van der Waals surface area contributed by atoms with Crippen LogP contribution in [0.4, 0.5) is 0 Å². The highest BCUT2D eigenvalue weighted by atomic mass is 16.5. The van der Waals surface area contributed by atoms with Gasteiger partial charge in [0.1, 0.15) is 5.82 Å². The van der Waals surface area contributed by atoms with Gasteiger partial charge < -0.3 is 18.9 Å². The number of hydrogen-bond donors (Lipinski definition) is 0. The zero-order chi connectivity index (χ0) is 24.5. The summed E-state index contributed by atoms with van der Waals surface area (Å²) < 4.78 is 14.7. The van der Waals surface area contributed by atoms with E-state index >= 15 is 0 Å². The summed E-state index contributed by atoms with van der Waals surface area (Å²) in [6.45, 7) is 5.18. The van der Waals surface area contributed by atoms with E-state index in [-0.39, 0.29) is 5.91 Å². The monoisotopic (exact) mass is 468 g/mol. The van der Waals surface area contributed by atoms with Crippen molar-refractivity contribution in [3.05, 3.63) is 94.9 Å². The van der Waals surface area contributed by atoms with Gasteiger partial charge in [-0.1, -0.05) is 12.1 Å². The Kier molecular flexibility index (Phi) is 5.91. The van der Waals surface area contributed by atoms with E-state index in [2.05, 4.69) is 36.6 Å². The molecule has 1 aliphatic heterocycles. The van der Waals surface area contributed by atoms with Crippen LogP contribution in [0.2, 0.25) is 0 Å². The van der Waals surface area contributed by atoms with Gasteiger partial charge in [-0.05, 0) is 73.0 Å². The number of nitrogens with zero attached hydrogens (tertiary/aromatic N) is 4. The molecule has 4 aromatic rings. The lowest BCUT2D eigenvalue weighted by molar-refractivity contribution is -0.126. The van der Waals surface area contributed by atoms with Gasteiger partial charge in [-0.25, -0.2) is 4.68 Å². The molecule has 0 radical (unpaired) electrons. The van der Waals surface area contributed by atoms with E-state index in [1.54, 1.807) is 26.4 Å². The van der Waals surface area contributed by atoms with Gasteiger partial charge in [0, 0.05) is 24.0 Å². The second-order valence-electron chi connectivity index (χ2n) is 8.66. The Bertz CT molecular complexity index is 1420. The molecule has 7 heteroatoms. The summed E-state index contributed by atoms with van der Waals surface area (Å²) in [7, 11) is 3.19. The topological polar surface area (TPSA) is 61.5 Å². The van der Waals surface area contributed by atoms with E-state index in [0.29, 0.717) is 24.6 Å². The molecule has 2 aromatic carbocycles. The second-order valence-corrected chi connectivity index (χ2v) is 8.66. The SMILES string of the molecule is COc1ccc(/C=C/C(=O)N2Cc3nn(-c4ccc(C)c(C)c4)c(-n4cccc4)c3C2)cc1OC. The largest absolute Gasteiger partial charge is 0.493 e. The Morgan fingerprint density at radius 2 is 1.71 bits per heavy atom. The number of methoxy groups -OCH3 is 2. The number of aryl methyl sites for hydroxylation is 2. The smallest absolute Gasteiger partial charge is 0.247 e. The van der Waals surface area contributed by atoms with E-state index in [0.717, 1.165) is 28.3 Å². The van der Waals surface area contributed by atoms with Crippen LogP contribution in [0, 0.1) is 13.8 Å². The van der Waals surface area contributed by atoms with Gasteiger partial charge in [0.05, 0.1) is 38.7 Å². The number of carbonyl (C=O) groups excluding carboxylic acids is 1. The van der Waals surface area contributed by atoms with Crippen LogP contribution in [0.5, 0.6) is 11.5 Å². The fourth-order valence-electron chi connectivity index (χ4n) is 4.37. The molecule has 5 rings (SSSR count). The lowest BCUT2D eigenvalue weighted by atomic mass is 10.1. The minimum atomic E-state index is -0.0611. The Morgan fingerprint density at radius 1 is 0.943 bits per heavy atom. The van der Waals surface area contributed by atoms with Crippen molar-refractivity contribution >= 4 is 12.0 Å². The molecule has 1 aliphatic rings. The van der Waals surface area contributed by atoms with Crippen molar-refractivity contribution in [3.8, 4) is 23.0 Å². The van der Waals surface area contributed by atoms with Crippen molar-refractivity contribution in [2.45, 2.75) is 26.9 Å². The second kappa shape index (κ2) is 9.18. The molecule has 7 nitrogen and oxygen atoms in total. The molecule has 0 saturated heterocycles. The number of rotatable bonds is 6. The fraction of sp³-hybridized carbons (Fsp3) is 0.214. The van der Waals surface area contributed by atoms with Gasteiger partial charge in [0.15, 0.2) is 11.5 Å². The van der Waals surface area contributed by atoms with E-state index in [1.165, 1.54) is 11.1 Å². The molecule has 35 heavy (non-hydrogen) atoms. The fourth-order valence-corrected chi connectivity index (χ4v) is 4.37. The molecule has 0 N–H and O–H groups in total. The van der Waals surface area contributed by atoms with Gasteiger partial charge in [-0.2, -0.15) is 5.10 Å². The zero-order valence-corrected chi connectivity index (χ0v) is 20.4. The number of aromatic nitrogens is 3. The molecule has 0 fully saturated rings. The van der Waals surface area contributed by atoms with Crippen LogP contribution in [0.15, 0.2) is 67.0 Å². The summed E-state index contributed by atoms with van der Waals surface area (Å²) in [5.74, 6) is 2.18. The normalized spacial score (nSPS) is 12.9. The van der Waals surface area contributed by atoms with Crippen LogP contribution in [0.1, 0.15) is 27.9 Å². The molecular formula is C28H28N4O3. The van der Waals surface area contributed by atoms with Crippen molar-refractivity contribution in [2.24, 2.45) is 0 Å². The lowest BCUT2D eigenvalue weighted by Gasteiger charge is -2.16. The summed E-state index contributed by atoms with van der Waals surface area (Å²) in [5.41, 5.74) is 6.31. The van der Waals surface area contributed by atoms with E-state index in [9.17, 15) is 4.79 Å². The van der Waals surface area contributed by atoms with Gasteiger partial charge in [-0.3, -0.25) is 4.79 Å². The average Bonchev–Trinajstić information content (AvgIpc) is 3.60. The highest BCUT2D eigenvalue weighted by molar-refractivity contribution is 5.92. The Hall–Kier alpha value is -4.26. The number of amides is 1. The molecule has 0 unspecified atom stereocenters. The van der Waals surface area contributed by atoms with Gasteiger partial charge >= 0.3 is 0 Å². The summed E-state index contributed by atoms with van der Waals surface area (Å²) in [4.78, 5) is 14.9. The molecule has 0 atom stereocenters. The Balaban J connectivity index is 1.42. The van der Waals surface area contributed by atoms with Crippen LogP contribution in [0.25, 0.3) is 17.6 Å². The van der Waals surface area contributed by atoms with Crippen LogP contribution in [0.3, 0.4) is 0 Å². The number of carbonyl (C=O) groups is 1. The van der Waals surface area contributed by atoms with Crippen molar-refractivity contribution in [1.82, 2.24) is 19.2 Å². The molecule has 0 spiro atoms. The quantitative estimate of drug-likeness (QED) is 0.380. The molecule has 0 aliphatic carbocycles. The number of hydrogen-bond acceptors (Lipinski definition) is 4. The molecule has 2 aromatic heterocycles. The average molecular weight is 469 g/mol. The highest BCUT2D eigenvalue weighted by Crippen LogP contribution is 2.32. The molecule has 0 saturated carbocycles. The van der Waals surface area contributed by atoms with Crippen LogP contribution in [-0.2, 0) is 17.9 Å². The van der Waals surface area contributed by atoms with Crippen LogP contribution < -0.4 is 9.47 Å². The van der Waals surface area contributed by atoms with Gasteiger partial charge in [0.25, 0.3) is 0 Å². The summed E-state index contributed by atoms with van der Waals surface area (Å²) in [6.07, 6.45) is 7.41. The first-order valence-electron chi connectivity index (χ1n) is 11.5. The Labute approximate surface area is 204 Å². The molecule has 0 bridgehead atoms. The maximum Gasteiger partial charge on any atom is 0.247 e. The maximum absolute atomic E-state index is 13.0. The minimum Gasteiger partial charge on any atom is -0.493 e. The number of benzene rings is 2. The number of fused-ring (bicyclic) bond motifs is 1. The highest BCUT2D eigenvalue weighted by Gasteiger charge is 2.30. The molecular weight excluding hydrogens is 440 g/mol. The predicted octanol–water partition coefficient (Wildman–Crippen LogP) is 4.85. The van der Waals surface area contributed by atoms with Crippen molar-refractivity contribution < 1.29 is 14.3 Å². The first kappa shape index (κ1) is 22.5. The standard InChI is InChI=1S/C28H28N4O3/c1-19-7-10-22(15-20(19)2)32-28(30-13-5-6-14-30)23-17-31(18-24(23)29-32)27(33)12-9-21-8-11-25(34-3)26(16-21)35-4/h5-16H,17-18H2,1-4H3/b12-9+. The van der Waals surface area contributed by atoms with Crippen LogP contribution >= 0.6 is 0 Å². The molecule has 1 amide bonds. The van der Waals surface area contributed by atoms with Gasteiger partial charge in [-0.15, -0.1) is 0 Å². The van der Waals surface area contributed by atoms with E-state index < -0.39 is 0 Å². The minimum absolute atomic E-state index is 0.0611. The Morgan fingerprint density at radius 3 is 2.43 bits per heavy atom. The number of ether oxygens (including phenoxy) is 2. The first-order valence-corrected chi connectivity index (χ1v) is 11.5. The van der Waals surface area contributed by atoms with Crippen molar-refractivity contribution in [3.63, 3.8) is 0 Å². The van der Waals surface area contributed by atoms with Crippen molar-refractivity contribution in [1.29, 1.82) is 0 Å². The third-order valence-electron chi connectivity index (χ3n) is 6.45. The first-order chi connectivity index (χ1) is 17.0. The lowest BCUT2D eigenvalue weighted by Crippen LogP contribution is -2.24. The predicted molar refractivity (Wildman–Crippen MR) is 135 cm³/mol. The molecule has 3 heterocycles. The van der Waals surface area contributed by atoms with Gasteiger partial charge in [0.2, 0.25) is 5.91 Å². The van der Waals surface area contributed by atoms with E-state index in [4.69, 9.17) is 14.6 Å². The van der Waals surface area contributed by atoms with Crippen molar-refractivity contribution in [2.75, 3.05) is 14.2 Å². The van der Waals surface area contributed by atoms with E-state index in [1.807, 2.05) is 52.3 Å². The third kappa shape index (κ3) is 4.21. The van der Waals surface area contributed by atoms with Crippen LogP contribution in [-0.4, -0.2) is 39.4 Å². The zero-order valence-electron chi connectivity index (χ0n) is 20.4.